The fourth-order valence-electron chi connectivity index (χ4n) is 2.09. The Balaban J connectivity index is 1.43. The van der Waals surface area contributed by atoms with Crippen LogP contribution in [0.5, 0.6) is 0 Å². The molecule has 0 fully saturated rings. The van der Waals surface area contributed by atoms with Crippen molar-refractivity contribution in [3.05, 3.63) is 70.7 Å². The average Bonchev–Trinajstić information content (AvgIpc) is 3.18. The molecule has 0 radical (unpaired) electrons. The predicted molar refractivity (Wildman–Crippen MR) is 118 cm³/mol. The third kappa shape index (κ3) is 6.63. The molecule has 0 saturated heterocycles. The van der Waals surface area contributed by atoms with E-state index in [1.165, 1.54) is 28.7 Å². The fraction of sp³-hybridized carbons (Fsp3) is 0.158. The SMILES string of the molecule is CC(=NNC(=O)CSc1nnc(SCc2ccc(Cl)cc2)s1)c1ccccc1. The summed E-state index contributed by atoms with van der Waals surface area (Å²) in [5, 5.41) is 13.2. The van der Waals surface area contributed by atoms with Crippen molar-refractivity contribution in [2.45, 2.75) is 21.4 Å². The molecule has 0 bridgehead atoms. The molecule has 9 heteroatoms. The largest absolute Gasteiger partial charge is 0.272 e. The van der Waals surface area contributed by atoms with E-state index in [-0.39, 0.29) is 11.7 Å². The van der Waals surface area contributed by atoms with Crippen LogP contribution in [0.3, 0.4) is 0 Å². The summed E-state index contributed by atoms with van der Waals surface area (Å²) < 4.78 is 1.63. The van der Waals surface area contributed by atoms with E-state index < -0.39 is 0 Å². The number of benzene rings is 2. The Kier molecular flexibility index (Phi) is 7.90. The first kappa shape index (κ1) is 20.9. The van der Waals surface area contributed by atoms with Crippen LogP contribution < -0.4 is 5.43 Å². The molecule has 1 heterocycles. The summed E-state index contributed by atoms with van der Waals surface area (Å²) in [6.07, 6.45) is 0. The lowest BCUT2D eigenvalue weighted by atomic mass is 10.1. The van der Waals surface area contributed by atoms with Crippen LogP contribution in [0, 0.1) is 0 Å². The topological polar surface area (TPSA) is 67.2 Å². The zero-order valence-corrected chi connectivity index (χ0v) is 18.2. The maximum absolute atomic E-state index is 12.0. The molecule has 1 amide bonds. The van der Waals surface area contributed by atoms with E-state index >= 15 is 0 Å². The number of rotatable bonds is 8. The lowest BCUT2D eigenvalue weighted by molar-refractivity contribution is -0.118. The van der Waals surface area contributed by atoms with Crippen LogP contribution in [-0.2, 0) is 10.5 Å². The molecule has 0 aliphatic rings. The van der Waals surface area contributed by atoms with Crippen LogP contribution in [0.1, 0.15) is 18.1 Å². The second-order valence-corrected chi connectivity index (χ2v) is 9.49. The highest BCUT2D eigenvalue weighted by Gasteiger charge is 2.09. The molecule has 3 aromatic rings. The van der Waals surface area contributed by atoms with Crippen LogP contribution in [-0.4, -0.2) is 27.6 Å². The number of thioether (sulfide) groups is 2. The lowest BCUT2D eigenvalue weighted by Gasteiger charge is -2.01. The number of hydrogen-bond donors (Lipinski definition) is 1. The smallest absolute Gasteiger partial charge is 0.250 e. The van der Waals surface area contributed by atoms with E-state index in [1.54, 1.807) is 11.8 Å². The standard InChI is InChI=1S/C19H17ClN4OS3/c1-13(15-5-3-2-4-6-15)21-22-17(25)12-27-19-24-23-18(28-19)26-11-14-7-9-16(20)10-8-14/h2-10H,11-12H2,1H3,(H,22,25). The van der Waals surface area contributed by atoms with Crippen molar-refractivity contribution in [3.63, 3.8) is 0 Å². The monoisotopic (exact) mass is 448 g/mol. The Hall–Kier alpha value is -1.87. The first-order valence-corrected chi connectivity index (χ1v) is 11.5. The highest BCUT2D eigenvalue weighted by molar-refractivity contribution is 8.03. The number of carbonyl (C=O) groups is 1. The average molecular weight is 449 g/mol. The Morgan fingerprint density at radius 1 is 1.07 bits per heavy atom. The zero-order chi connectivity index (χ0) is 19.8. The van der Waals surface area contributed by atoms with Gasteiger partial charge in [-0.3, -0.25) is 4.79 Å². The summed E-state index contributed by atoms with van der Waals surface area (Å²) in [5.74, 6) is 0.859. The number of hydrogen-bond acceptors (Lipinski definition) is 7. The van der Waals surface area contributed by atoms with Gasteiger partial charge in [0.2, 0.25) is 0 Å². The maximum Gasteiger partial charge on any atom is 0.250 e. The summed E-state index contributed by atoms with van der Waals surface area (Å²) in [7, 11) is 0. The van der Waals surface area contributed by atoms with E-state index in [4.69, 9.17) is 11.6 Å². The van der Waals surface area contributed by atoms with Crippen LogP contribution >= 0.6 is 46.5 Å². The number of nitrogens with zero attached hydrogens (tertiary/aromatic N) is 3. The molecule has 0 aliphatic heterocycles. The summed E-state index contributed by atoms with van der Waals surface area (Å²) in [5.41, 5.74) is 5.48. The van der Waals surface area contributed by atoms with E-state index in [9.17, 15) is 4.79 Å². The van der Waals surface area contributed by atoms with E-state index in [0.717, 1.165) is 30.7 Å². The Labute approximate surface area is 181 Å². The number of nitrogens with one attached hydrogen (secondary N) is 1. The van der Waals surface area contributed by atoms with Crippen LogP contribution in [0.15, 0.2) is 68.4 Å². The van der Waals surface area contributed by atoms with Gasteiger partial charge >= 0.3 is 0 Å². The van der Waals surface area contributed by atoms with Crippen molar-refractivity contribution in [1.29, 1.82) is 0 Å². The van der Waals surface area contributed by atoms with Gasteiger partial charge in [0.1, 0.15) is 0 Å². The van der Waals surface area contributed by atoms with Gasteiger partial charge in [-0.15, -0.1) is 10.2 Å². The summed E-state index contributed by atoms with van der Waals surface area (Å²) in [4.78, 5) is 12.0. The third-order valence-electron chi connectivity index (χ3n) is 3.53. The van der Waals surface area contributed by atoms with E-state index in [2.05, 4.69) is 20.7 Å². The van der Waals surface area contributed by atoms with Gasteiger partial charge in [-0.25, -0.2) is 5.43 Å². The van der Waals surface area contributed by atoms with Gasteiger partial charge in [-0.05, 0) is 30.2 Å². The van der Waals surface area contributed by atoms with Crippen molar-refractivity contribution in [2.75, 3.05) is 5.75 Å². The number of hydrazone groups is 1. The van der Waals surface area contributed by atoms with Crippen LogP contribution in [0.2, 0.25) is 5.02 Å². The molecule has 0 saturated carbocycles. The number of amides is 1. The molecule has 28 heavy (non-hydrogen) atoms. The van der Waals surface area contributed by atoms with E-state index in [1.807, 2.05) is 61.5 Å². The molecule has 5 nitrogen and oxygen atoms in total. The minimum Gasteiger partial charge on any atom is -0.272 e. The van der Waals surface area contributed by atoms with Crippen LogP contribution in [0.25, 0.3) is 0 Å². The Morgan fingerprint density at radius 2 is 1.75 bits per heavy atom. The van der Waals surface area contributed by atoms with Crippen molar-refractivity contribution in [2.24, 2.45) is 5.10 Å². The molecular weight excluding hydrogens is 432 g/mol. The molecule has 2 aromatic carbocycles. The zero-order valence-electron chi connectivity index (χ0n) is 15.0. The second kappa shape index (κ2) is 10.6. The van der Waals surface area contributed by atoms with Gasteiger partial charge in [-0.1, -0.05) is 88.9 Å². The summed E-state index contributed by atoms with van der Waals surface area (Å²) in [6.45, 7) is 1.86. The quantitative estimate of drug-likeness (QED) is 0.294. The molecule has 0 unspecified atom stereocenters. The number of aromatic nitrogens is 2. The second-order valence-electron chi connectivity index (χ2n) is 5.64. The number of carbonyl (C=O) groups excluding carboxylic acids is 1. The highest BCUT2D eigenvalue weighted by atomic mass is 35.5. The maximum atomic E-state index is 12.0. The minimum atomic E-state index is -0.175. The molecule has 144 valence electrons. The fourth-order valence-corrected chi connectivity index (χ4v) is 4.98. The molecule has 0 aliphatic carbocycles. The molecule has 0 spiro atoms. The van der Waals surface area contributed by atoms with Crippen molar-refractivity contribution >= 4 is 58.1 Å². The summed E-state index contributed by atoms with van der Waals surface area (Å²) in [6, 6.07) is 17.4. The molecule has 0 atom stereocenters. The molecular formula is C19H17ClN4OS3. The predicted octanol–water partition coefficient (Wildman–Crippen LogP) is 5.12. The summed E-state index contributed by atoms with van der Waals surface area (Å²) >= 11 is 10.3. The Bertz CT molecular complexity index is 945. The number of halogens is 1. The first-order chi connectivity index (χ1) is 13.6. The van der Waals surface area contributed by atoms with Gasteiger partial charge in [0.05, 0.1) is 11.5 Å². The lowest BCUT2D eigenvalue weighted by Crippen LogP contribution is -2.21. The normalized spacial score (nSPS) is 11.4. The van der Waals surface area contributed by atoms with Crippen molar-refractivity contribution in [1.82, 2.24) is 15.6 Å². The van der Waals surface area contributed by atoms with Gasteiger partial charge in [0.15, 0.2) is 8.68 Å². The first-order valence-electron chi connectivity index (χ1n) is 8.32. The van der Waals surface area contributed by atoms with Crippen LogP contribution in [0.4, 0.5) is 0 Å². The minimum absolute atomic E-state index is 0.175. The Morgan fingerprint density at radius 3 is 2.46 bits per heavy atom. The molecule has 1 N–H and O–H groups in total. The molecule has 1 aromatic heterocycles. The highest BCUT2D eigenvalue weighted by Crippen LogP contribution is 2.30. The van der Waals surface area contributed by atoms with Crippen molar-refractivity contribution in [3.8, 4) is 0 Å². The van der Waals surface area contributed by atoms with Crippen molar-refractivity contribution < 1.29 is 4.79 Å². The van der Waals surface area contributed by atoms with Gasteiger partial charge < -0.3 is 0 Å². The third-order valence-corrected chi connectivity index (χ3v) is 7.04. The van der Waals surface area contributed by atoms with Gasteiger partial charge in [0, 0.05) is 10.8 Å². The van der Waals surface area contributed by atoms with Gasteiger partial charge in [-0.2, -0.15) is 5.10 Å². The van der Waals surface area contributed by atoms with E-state index in [0.29, 0.717) is 0 Å². The van der Waals surface area contributed by atoms with Gasteiger partial charge in [0.25, 0.3) is 5.91 Å². The molecule has 3 rings (SSSR count).